The predicted octanol–water partition coefficient (Wildman–Crippen LogP) is -0.0255. The minimum absolute atomic E-state index is 0.126. The zero-order chi connectivity index (χ0) is 10.0. The van der Waals surface area contributed by atoms with E-state index in [0.29, 0.717) is 11.5 Å². The monoisotopic (exact) mass is 200 g/mol. The van der Waals surface area contributed by atoms with Crippen molar-refractivity contribution in [2.24, 2.45) is 5.92 Å². The van der Waals surface area contributed by atoms with E-state index < -0.39 is 5.92 Å². The summed E-state index contributed by atoms with van der Waals surface area (Å²) in [4.78, 5) is 22.5. The molecule has 1 aliphatic rings. The van der Waals surface area contributed by atoms with Gasteiger partial charge in [0.15, 0.2) is 5.11 Å². The maximum atomic E-state index is 11.4. The van der Waals surface area contributed by atoms with Gasteiger partial charge in [0.1, 0.15) is 11.7 Å². The van der Waals surface area contributed by atoms with E-state index in [1.165, 1.54) is 6.92 Å². The fourth-order valence-electron chi connectivity index (χ4n) is 1.47. The number of Topliss-reactive ketones (excluding diaryl/α,β-unsaturated/α-hetero) is 1. The Hall–Kier alpha value is -0.970. The van der Waals surface area contributed by atoms with Crippen molar-refractivity contribution >= 4 is 29.0 Å². The first-order valence-corrected chi connectivity index (χ1v) is 4.59. The molecule has 1 saturated heterocycles. The number of hydrogen-bond donors (Lipinski definition) is 2. The topological polar surface area (TPSA) is 58.2 Å². The van der Waals surface area contributed by atoms with Gasteiger partial charge in [0.05, 0.1) is 0 Å². The Labute approximate surface area is 82.1 Å². The van der Waals surface area contributed by atoms with E-state index in [-0.39, 0.29) is 17.7 Å². The number of amides is 1. The normalized spacial score (nSPS) is 27.8. The van der Waals surface area contributed by atoms with Crippen molar-refractivity contribution in [3.05, 3.63) is 0 Å². The van der Waals surface area contributed by atoms with Gasteiger partial charge in [0, 0.05) is 6.04 Å². The zero-order valence-corrected chi connectivity index (χ0v) is 8.40. The first-order valence-electron chi connectivity index (χ1n) is 4.18. The van der Waals surface area contributed by atoms with E-state index in [2.05, 4.69) is 10.6 Å². The summed E-state index contributed by atoms with van der Waals surface area (Å²) in [7, 11) is 0. The Bertz CT molecular complexity index is 265. The molecule has 0 spiro atoms. The molecular weight excluding hydrogens is 188 g/mol. The van der Waals surface area contributed by atoms with Crippen LogP contribution in [0.25, 0.3) is 0 Å². The molecule has 2 atom stereocenters. The Morgan fingerprint density at radius 2 is 2.23 bits per heavy atom. The van der Waals surface area contributed by atoms with Gasteiger partial charge in [0.2, 0.25) is 5.91 Å². The Morgan fingerprint density at radius 3 is 2.69 bits per heavy atom. The number of rotatable bonds is 2. The Morgan fingerprint density at radius 1 is 1.62 bits per heavy atom. The maximum Gasteiger partial charge on any atom is 0.238 e. The molecule has 0 aromatic rings. The molecule has 2 unspecified atom stereocenters. The van der Waals surface area contributed by atoms with Gasteiger partial charge in [0.25, 0.3) is 0 Å². The van der Waals surface area contributed by atoms with Gasteiger partial charge in [-0.25, -0.2) is 0 Å². The number of carbonyl (C=O) groups excluding carboxylic acids is 2. The fraction of sp³-hybridized carbons (Fsp3) is 0.625. The maximum absolute atomic E-state index is 11.4. The molecule has 4 nitrogen and oxygen atoms in total. The Balaban J connectivity index is 2.84. The van der Waals surface area contributed by atoms with Crippen molar-refractivity contribution in [1.82, 2.24) is 10.6 Å². The van der Waals surface area contributed by atoms with Crippen LogP contribution in [0.4, 0.5) is 0 Å². The second kappa shape index (κ2) is 3.83. The quantitative estimate of drug-likeness (QED) is 0.485. The second-order valence-corrected chi connectivity index (χ2v) is 3.47. The van der Waals surface area contributed by atoms with Crippen molar-refractivity contribution in [2.75, 3.05) is 0 Å². The van der Waals surface area contributed by atoms with Crippen LogP contribution in [0.1, 0.15) is 20.3 Å². The van der Waals surface area contributed by atoms with Crippen LogP contribution in [0.15, 0.2) is 0 Å². The van der Waals surface area contributed by atoms with Gasteiger partial charge in [-0.1, -0.05) is 6.92 Å². The minimum Gasteiger partial charge on any atom is -0.358 e. The van der Waals surface area contributed by atoms with Crippen LogP contribution in [0.5, 0.6) is 0 Å². The molecule has 72 valence electrons. The van der Waals surface area contributed by atoms with Gasteiger partial charge in [-0.2, -0.15) is 0 Å². The van der Waals surface area contributed by atoms with Crippen LogP contribution >= 0.6 is 12.2 Å². The lowest BCUT2D eigenvalue weighted by Crippen LogP contribution is -2.59. The molecule has 0 aliphatic carbocycles. The third-order valence-corrected chi connectivity index (χ3v) is 2.34. The number of thiocarbonyl (C=S) groups is 1. The molecule has 1 aliphatic heterocycles. The summed E-state index contributed by atoms with van der Waals surface area (Å²) in [5, 5.41) is 5.66. The number of carbonyl (C=O) groups is 2. The van der Waals surface area contributed by atoms with E-state index in [9.17, 15) is 9.59 Å². The van der Waals surface area contributed by atoms with Crippen molar-refractivity contribution < 1.29 is 9.59 Å². The molecule has 5 heteroatoms. The number of nitrogens with one attached hydrogen (secondary N) is 2. The van der Waals surface area contributed by atoms with Crippen LogP contribution in [0.2, 0.25) is 0 Å². The van der Waals surface area contributed by atoms with E-state index in [1.807, 2.05) is 6.92 Å². The molecule has 0 radical (unpaired) electrons. The smallest absolute Gasteiger partial charge is 0.238 e. The van der Waals surface area contributed by atoms with E-state index >= 15 is 0 Å². The molecule has 0 saturated carbocycles. The van der Waals surface area contributed by atoms with Crippen LogP contribution in [-0.4, -0.2) is 22.8 Å². The second-order valence-electron chi connectivity index (χ2n) is 3.07. The average Bonchev–Trinajstić information content (AvgIpc) is 2.01. The van der Waals surface area contributed by atoms with Gasteiger partial charge in [-0.05, 0) is 25.6 Å². The third kappa shape index (κ3) is 2.03. The SMILES string of the molecule is CCC1NC(=S)NC(=O)C1C(C)=O. The van der Waals surface area contributed by atoms with Crippen LogP contribution < -0.4 is 10.6 Å². The predicted molar refractivity (Wildman–Crippen MR) is 52.1 cm³/mol. The highest BCUT2D eigenvalue weighted by atomic mass is 32.1. The van der Waals surface area contributed by atoms with Crippen LogP contribution in [0, 0.1) is 5.92 Å². The fourth-order valence-corrected chi connectivity index (χ4v) is 1.72. The molecule has 0 bridgehead atoms. The molecule has 2 N–H and O–H groups in total. The van der Waals surface area contributed by atoms with E-state index in [1.54, 1.807) is 0 Å². The third-order valence-electron chi connectivity index (χ3n) is 2.12. The highest BCUT2D eigenvalue weighted by Crippen LogP contribution is 2.12. The van der Waals surface area contributed by atoms with Gasteiger partial charge in [-0.15, -0.1) is 0 Å². The van der Waals surface area contributed by atoms with Gasteiger partial charge in [-0.3, -0.25) is 9.59 Å². The lowest BCUT2D eigenvalue weighted by Gasteiger charge is -2.30. The lowest BCUT2D eigenvalue weighted by molar-refractivity contribution is -0.133. The highest BCUT2D eigenvalue weighted by Gasteiger charge is 2.35. The number of hydrogen-bond acceptors (Lipinski definition) is 3. The molecule has 0 aromatic heterocycles. The zero-order valence-electron chi connectivity index (χ0n) is 7.59. The molecular formula is C8H12N2O2S. The standard InChI is InChI=1S/C8H12N2O2S/c1-3-5-6(4(2)11)7(12)10-8(13)9-5/h5-6H,3H2,1-2H3,(H2,9,10,12,13). The van der Waals surface area contributed by atoms with E-state index in [4.69, 9.17) is 12.2 Å². The summed E-state index contributed by atoms with van der Waals surface area (Å²) < 4.78 is 0. The summed E-state index contributed by atoms with van der Waals surface area (Å²) >= 11 is 4.81. The number of ketones is 1. The first-order chi connectivity index (χ1) is 6.06. The molecule has 1 heterocycles. The van der Waals surface area contributed by atoms with Crippen LogP contribution in [0.3, 0.4) is 0 Å². The molecule has 0 aromatic carbocycles. The van der Waals surface area contributed by atoms with Crippen molar-refractivity contribution in [3.63, 3.8) is 0 Å². The first kappa shape index (κ1) is 10.1. The summed E-state index contributed by atoms with van der Waals surface area (Å²) in [5.41, 5.74) is 0. The summed E-state index contributed by atoms with van der Waals surface area (Å²) in [5.74, 6) is -1.01. The molecule has 1 fully saturated rings. The highest BCUT2D eigenvalue weighted by molar-refractivity contribution is 7.80. The largest absolute Gasteiger partial charge is 0.358 e. The lowest BCUT2D eigenvalue weighted by atomic mass is 9.91. The van der Waals surface area contributed by atoms with Crippen molar-refractivity contribution in [2.45, 2.75) is 26.3 Å². The van der Waals surface area contributed by atoms with Crippen molar-refractivity contribution in [3.8, 4) is 0 Å². The molecule has 1 rings (SSSR count). The molecule has 13 heavy (non-hydrogen) atoms. The summed E-state index contributed by atoms with van der Waals surface area (Å²) in [6, 6.07) is -0.154. The summed E-state index contributed by atoms with van der Waals surface area (Å²) in [6.45, 7) is 3.33. The van der Waals surface area contributed by atoms with E-state index in [0.717, 1.165) is 0 Å². The average molecular weight is 200 g/mol. The summed E-state index contributed by atoms with van der Waals surface area (Å²) in [6.07, 6.45) is 0.706. The molecule has 1 amide bonds. The van der Waals surface area contributed by atoms with Crippen LogP contribution in [-0.2, 0) is 9.59 Å². The van der Waals surface area contributed by atoms with Gasteiger partial charge >= 0.3 is 0 Å². The van der Waals surface area contributed by atoms with Gasteiger partial charge < -0.3 is 10.6 Å². The minimum atomic E-state index is -0.600. The van der Waals surface area contributed by atoms with Crippen molar-refractivity contribution in [1.29, 1.82) is 0 Å². The Kier molecular flexibility index (Phi) is 2.98.